The highest BCUT2D eigenvalue weighted by molar-refractivity contribution is 6.06. The molecular formula is C15H16N2O3. The summed E-state index contributed by atoms with van der Waals surface area (Å²) in [6.45, 7) is 5.03. The Labute approximate surface area is 117 Å². The lowest BCUT2D eigenvalue weighted by atomic mass is 10.1. The van der Waals surface area contributed by atoms with Crippen LogP contribution in [0.15, 0.2) is 35.0 Å². The second kappa shape index (κ2) is 5.46. The number of hydrogen-bond acceptors (Lipinski definition) is 5. The fourth-order valence-electron chi connectivity index (χ4n) is 2.28. The molecule has 0 N–H and O–H groups in total. The molecule has 1 saturated heterocycles. The van der Waals surface area contributed by atoms with Crippen LogP contribution in [0.2, 0.25) is 0 Å². The molecule has 0 aromatic heterocycles. The molecule has 1 aromatic rings. The molecule has 5 nitrogen and oxygen atoms in total. The van der Waals surface area contributed by atoms with Gasteiger partial charge in [0.2, 0.25) is 0 Å². The number of carbonyl (C=O) groups excluding carboxylic acids is 1. The van der Waals surface area contributed by atoms with Gasteiger partial charge in [0.05, 0.1) is 13.2 Å². The number of carbonyl (C=O) groups is 1. The zero-order valence-electron chi connectivity index (χ0n) is 11.3. The predicted octanol–water partition coefficient (Wildman–Crippen LogP) is 1.84. The quantitative estimate of drug-likeness (QED) is 0.609. The first-order valence-electron chi connectivity index (χ1n) is 6.64. The normalized spacial score (nSPS) is 21.1. The summed E-state index contributed by atoms with van der Waals surface area (Å²) in [4.78, 5) is 17.8. The van der Waals surface area contributed by atoms with E-state index in [1.54, 1.807) is 13.0 Å². The fraction of sp³-hybridized carbons (Fsp3) is 0.333. The standard InChI is InChI=1S/C15H16N2O3/c1-11-16-14(15(18)20-11)10-12-2-4-13(5-3-12)17-6-8-19-9-7-17/h2-5,10H,6-9H2,1H3/b14-10-. The molecule has 0 bridgehead atoms. The van der Waals surface area contributed by atoms with E-state index in [2.05, 4.69) is 22.0 Å². The Morgan fingerprint density at radius 1 is 1.20 bits per heavy atom. The summed E-state index contributed by atoms with van der Waals surface area (Å²) in [6, 6.07) is 8.06. The van der Waals surface area contributed by atoms with E-state index in [4.69, 9.17) is 9.47 Å². The zero-order chi connectivity index (χ0) is 13.9. The van der Waals surface area contributed by atoms with Gasteiger partial charge in [-0.1, -0.05) is 12.1 Å². The van der Waals surface area contributed by atoms with E-state index in [0.717, 1.165) is 31.9 Å². The molecule has 0 unspecified atom stereocenters. The number of rotatable bonds is 2. The topological polar surface area (TPSA) is 51.1 Å². The van der Waals surface area contributed by atoms with Gasteiger partial charge in [-0.05, 0) is 23.8 Å². The highest BCUT2D eigenvalue weighted by Gasteiger charge is 2.19. The van der Waals surface area contributed by atoms with Crippen molar-refractivity contribution < 1.29 is 14.3 Å². The lowest BCUT2D eigenvalue weighted by Crippen LogP contribution is -2.36. The van der Waals surface area contributed by atoms with Crippen molar-refractivity contribution in [3.05, 3.63) is 35.5 Å². The monoisotopic (exact) mass is 272 g/mol. The van der Waals surface area contributed by atoms with Gasteiger partial charge in [0.15, 0.2) is 11.6 Å². The predicted molar refractivity (Wildman–Crippen MR) is 76.7 cm³/mol. The van der Waals surface area contributed by atoms with E-state index < -0.39 is 0 Å². The Hall–Kier alpha value is -2.14. The second-order valence-corrected chi connectivity index (χ2v) is 4.74. The molecule has 1 fully saturated rings. The second-order valence-electron chi connectivity index (χ2n) is 4.74. The summed E-state index contributed by atoms with van der Waals surface area (Å²) < 4.78 is 10.2. The van der Waals surface area contributed by atoms with Crippen LogP contribution < -0.4 is 4.90 Å². The summed E-state index contributed by atoms with van der Waals surface area (Å²) in [6.07, 6.45) is 1.74. The van der Waals surface area contributed by atoms with Crippen LogP contribution in [0.4, 0.5) is 5.69 Å². The minimum Gasteiger partial charge on any atom is -0.407 e. The number of hydrogen-bond donors (Lipinski definition) is 0. The average Bonchev–Trinajstić information content (AvgIpc) is 2.79. The van der Waals surface area contributed by atoms with Crippen molar-refractivity contribution in [2.75, 3.05) is 31.2 Å². The first-order chi connectivity index (χ1) is 9.72. The Balaban J connectivity index is 1.76. The molecule has 2 aliphatic heterocycles. The van der Waals surface area contributed by atoms with Crippen LogP contribution in [-0.4, -0.2) is 38.2 Å². The molecule has 104 valence electrons. The molecule has 0 saturated carbocycles. The summed E-state index contributed by atoms with van der Waals surface area (Å²) in [5.41, 5.74) is 2.46. The van der Waals surface area contributed by atoms with E-state index in [-0.39, 0.29) is 5.97 Å². The van der Waals surface area contributed by atoms with Crippen molar-refractivity contribution in [3.63, 3.8) is 0 Å². The Bertz CT molecular complexity index is 569. The molecule has 2 aliphatic rings. The first-order valence-corrected chi connectivity index (χ1v) is 6.64. The number of aliphatic imine (C=N–C) groups is 1. The van der Waals surface area contributed by atoms with Gasteiger partial charge in [0.25, 0.3) is 0 Å². The third kappa shape index (κ3) is 2.72. The molecular weight excluding hydrogens is 256 g/mol. The molecule has 0 radical (unpaired) electrons. The van der Waals surface area contributed by atoms with Crippen LogP contribution in [-0.2, 0) is 14.3 Å². The van der Waals surface area contributed by atoms with E-state index in [0.29, 0.717) is 11.6 Å². The number of ether oxygens (including phenoxy) is 2. The van der Waals surface area contributed by atoms with Gasteiger partial charge < -0.3 is 14.4 Å². The number of esters is 1. The summed E-state index contributed by atoms with van der Waals surface area (Å²) in [7, 11) is 0. The fourth-order valence-corrected chi connectivity index (χ4v) is 2.28. The summed E-state index contributed by atoms with van der Waals surface area (Å²) >= 11 is 0. The number of benzene rings is 1. The van der Waals surface area contributed by atoms with Crippen LogP contribution in [0.5, 0.6) is 0 Å². The number of anilines is 1. The molecule has 0 amide bonds. The summed E-state index contributed by atoms with van der Waals surface area (Å²) in [5, 5.41) is 0. The van der Waals surface area contributed by atoms with E-state index in [9.17, 15) is 4.79 Å². The SMILES string of the molecule is CC1=N/C(=C\c2ccc(N3CCOCC3)cc2)C(=O)O1. The van der Waals surface area contributed by atoms with Crippen molar-refractivity contribution >= 4 is 23.6 Å². The molecule has 1 aromatic carbocycles. The van der Waals surface area contributed by atoms with Crippen LogP contribution in [0, 0.1) is 0 Å². The van der Waals surface area contributed by atoms with Gasteiger partial charge in [-0.25, -0.2) is 9.79 Å². The van der Waals surface area contributed by atoms with Crippen LogP contribution in [0.25, 0.3) is 6.08 Å². The van der Waals surface area contributed by atoms with Gasteiger partial charge >= 0.3 is 5.97 Å². The highest BCUT2D eigenvalue weighted by atomic mass is 16.6. The largest absolute Gasteiger partial charge is 0.407 e. The maximum atomic E-state index is 11.5. The maximum absolute atomic E-state index is 11.5. The zero-order valence-corrected chi connectivity index (χ0v) is 11.3. The van der Waals surface area contributed by atoms with Crippen LogP contribution in [0.1, 0.15) is 12.5 Å². The molecule has 20 heavy (non-hydrogen) atoms. The van der Waals surface area contributed by atoms with Crippen molar-refractivity contribution in [1.29, 1.82) is 0 Å². The lowest BCUT2D eigenvalue weighted by Gasteiger charge is -2.28. The molecule has 0 spiro atoms. The van der Waals surface area contributed by atoms with E-state index in [1.807, 2.05) is 12.1 Å². The highest BCUT2D eigenvalue weighted by Crippen LogP contribution is 2.20. The van der Waals surface area contributed by atoms with Gasteiger partial charge in [0.1, 0.15) is 0 Å². The molecule has 0 aliphatic carbocycles. The minimum absolute atomic E-state index is 0.349. The van der Waals surface area contributed by atoms with E-state index in [1.165, 1.54) is 5.69 Å². The third-order valence-corrected chi connectivity index (χ3v) is 3.30. The van der Waals surface area contributed by atoms with Gasteiger partial charge in [-0.2, -0.15) is 0 Å². The average molecular weight is 272 g/mol. The van der Waals surface area contributed by atoms with E-state index >= 15 is 0 Å². The first kappa shape index (κ1) is 12.9. The third-order valence-electron chi connectivity index (χ3n) is 3.30. The van der Waals surface area contributed by atoms with Crippen molar-refractivity contribution in [2.45, 2.75) is 6.92 Å². The number of morpholine rings is 1. The molecule has 3 rings (SSSR count). The molecule has 0 atom stereocenters. The summed E-state index contributed by atoms with van der Waals surface area (Å²) in [5.74, 6) is 0.00550. The van der Waals surface area contributed by atoms with Crippen molar-refractivity contribution in [3.8, 4) is 0 Å². The lowest BCUT2D eigenvalue weighted by molar-refractivity contribution is -0.130. The minimum atomic E-state index is -0.389. The number of cyclic esters (lactones) is 1. The van der Waals surface area contributed by atoms with Crippen molar-refractivity contribution in [2.24, 2.45) is 4.99 Å². The smallest absolute Gasteiger partial charge is 0.363 e. The molecule has 2 heterocycles. The van der Waals surface area contributed by atoms with Crippen LogP contribution >= 0.6 is 0 Å². The Morgan fingerprint density at radius 3 is 2.50 bits per heavy atom. The van der Waals surface area contributed by atoms with Gasteiger partial charge in [-0.15, -0.1) is 0 Å². The Morgan fingerprint density at radius 2 is 1.90 bits per heavy atom. The van der Waals surface area contributed by atoms with Crippen LogP contribution in [0.3, 0.4) is 0 Å². The Kier molecular flexibility index (Phi) is 3.52. The maximum Gasteiger partial charge on any atom is 0.363 e. The number of nitrogens with zero attached hydrogens (tertiary/aromatic N) is 2. The van der Waals surface area contributed by atoms with Crippen molar-refractivity contribution in [1.82, 2.24) is 0 Å². The van der Waals surface area contributed by atoms with Gasteiger partial charge in [-0.3, -0.25) is 0 Å². The van der Waals surface area contributed by atoms with Gasteiger partial charge in [0, 0.05) is 25.7 Å². The molecule has 5 heteroatoms.